The fourth-order valence-corrected chi connectivity index (χ4v) is 12.1. The minimum atomic E-state index is -0.0884. The summed E-state index contributed by atoms with van der Waals surface area (Å²) in [6, 6.07) is 59.6. The fraction of sp³-hybridized carbons (Fsp3) is 0.0588. The number of benzene rings is 9. The van der Waals surface area contributed by atoms with Gasteiger partial charge in [0.05, 0.1) is 0 Å². The molecule has 1 aliphatic carbocycles. The van der Waals surface area contributed by atoms with Gasteiger partial charge in [-0.05, 0) is 95.5 Å². The fourth-order valence-electron chi connectivity index (χ4n) is 9.63. The number of hydrogen-bond acceptors (Lipinski definition) is 2. The molecule has 9 aromatic carbocycles. The lowest BCUT2D eigenvalue weighted by molar-refractivity contribution is 0.661. The van der Waals surface area contributed by atoms with Crippen molar-refractivity contribution in [2.24, 2.45) is 0 Å². The second-order valence-electron chi connectivity index (χ2n) is 15.2. The third-order valence-electron chi connectivity index (χ3n) is 12.1. The highest BCUT2D eigenvalue weighted by molar-refractivity contribution is 7.26. The van der Waals surface area contributed by atoms with Crippen LogP contribution in [0.25, 0.3) is 106 Å². The molecule has 0 atom stereocenters. The molecule has 0 fully saturated rings. The zero-order chi connectivity index (χ0) is 35.0. The molecule has 248 valence electrons. The van der Waals surface area contributed by atoms with E-state index in [4.69, 9.17) is 0 Å². The summed E-state index contributed by atoms with van der Waals surface area (Å²) in [7, 11) is 0. The molecule has 0 unspecified atom stereocenters. The summed E-state index contributed by atoms with van der Waals surface area (Å²) >= 11 is 3.85. The number of rotatable bonds is 2. The predicted octanol–water partition coefficient (Wildman–Crippen LogP) is 15.5. The second kappa shape index (κ2) is 10.6. The van der Waals surface area contributed by atoms with Crippen molar-refractivity contribution in [1.29, 1.82) is 0 Å². The lowest BCUT2D eigenvalue weighted by Crippen LogP contribution is -2.14. The first-order valence-electron chi connectivity index (χ1n) is 18.4. The highest BCUT2D eigenvalue weighted by atomic mass is 32.1. The van der Waals surface area contributed by atoms with Gasteiger partial charge in [0.1, 0.15) is 0 Å². The molecule has 0 bridgehead atoms. The van der Waals surface area contributed by atoms with Gasteiger partial charge in [0.15, 0.2) is 0 Å². The van der Waals surface area contributed by atoms with Crippen molar-refractivity contribution in [3.8, 4) is 33.4 Å². The Morgan fingerprint density at radius 2 is 0.943 bits per heavy atom. The summed E-state index contributed by atoms with van der Waals surface area (Å²) in [4.78, 5) is 0. The van der Waals surface area contributed by atoms with Crippen molar-refractivity contribution in [2.75, 3.05) is 0 Å². The highest BCUT2D eigenvalue weighted by Crippen LogP contribution is 2.56. The Bertz CT molecular complexity index is 3310. The van der Waals surface area contributed by atoms with Gasteiger partial charge >= 0.3 is 0 Å². The summed E-state index contributed by atoms with van der Waals surface area (Å²) < 4.78 is 5.43. The van der Waals surface area contributed by atoms with E-state index in [1.54, 1.807) is 0 Å². The molecule has 12 rings (SSSR count). The Morgan fingerprint density at radius 3 is 1.68 bits per heavy atom. The number of hydrogen-bond donors (Lipinski definition) is 0. The zero-order valence-corrected chi connectivity index (χ0v) is 31.0. The van der Waals surface area contributed by atoms with Crippen molar-refractivity contribution in [3.63, 3.8) is 0 Å². The summed E-state index contributed by atoms with van der Waals surface area (Å²) in [6.45, 7) is 4.80. The van der Waals surface area contributed by atoms with Crippen molar-refractivity contribution in [3.05, 3.63) is 169 Å². The predicted molar refractivity (Wildman–Crippen MR) is 233 cm³/mol. The monoisotopic (exact) mass is 708 g/mol. The van der Waals surface area contributed by atoms with E-state index in [0.29, 0.717) is 0 Å². The molecule has 2 aromatic heterocycles. The zero-order valence-electron chi connectivity index (χ0n) is 29.3. The van der Waals surface area contributed by atoms with Crippen LogP contribution in [0.15, 0.2) is 158 Å². The van der Waals surface area contributed by atoms with Crippen LogP contribution in [-0.2, 0) is 5.41 Å². The van der Waals surface area contributed by atoms with E-state index in [1.165, 1.54) is 117 Å². The van der Waals surface area contributed by atoms with Gasteiger partial charge in [-0.25, -0.2) is 0 Å². The molecule has 0 nitrogen and oxygen atoms in total. The standard InChI is InChI=1S/C51H32S2/c1-51(2)41-24-20-30(27-40(41)49-42(51)25-23-39-48-32-12-4-3-11-29(32)21-26-44(48)53-50(39)49)46-35-14-5-7-16-37(35)47(38-17-8-6-15-36(38)46)31-19-22-34-33-13-9-10-18-43(33)52-45(34)28-31/h3-28H,1-2H3. The Hall–Kier alpha value is -5.80. The van der Waals surface area contributed by atoms with E-state index in [9.17, 15) is 0 Å². The molecular weight excluding hydrogens is 677 g/mol. The van der Waals surface area contributed by atoms with Gasteiger partial charge in [-0.3, -0.25) is 0 Å². The number of thiophene rings is 2. The first-order valence-corrected chi connectivity index (χ1v) is 20.1. The molecule has 0 aliphatic heterocycles. The van der Waals surface area contributed by atoms with Gasteiger partial charge in [0, 0.05) is 51.3 Å². The number of fused-ring (bicyclic) bond motifs is 14. The Balaban J connectivity index is 1.12. The van der Waals surface area contributed by atoms with Crippen LogP contribution in [0.2, 0.25) is 0 Å². The molecule has 0 N–H and O–H groups in total. The molecule has 0 saturated heterocycles. The highest BCUT2D eigenvalue weighted by Gasteiger charge is 2.37. The molecule has 0 amide bonds. The molecule has 0 radical (unpaired) electrons. The lowest BCUT2D eigenvalue weighted by Gasteiger charge is -2.22. The van der Waals surface area contributed by atoms with Crippen LogP contribution in [0.1, 0.15) is 25.0 Å². The van der Waals surface area contributed by atoms with Crippen molar-refractivity contribution in [2.45, 2.75) is 19.3 Å². The Kier molecular flexibility index (Phi) is 5.97. The van der Waals surface area contributed by atoms with Gasteiger partial charge in [-0.2, -0.15) is 0 Å². The largest absolute Gasteiger partial charge is 0.135 e. The van der Waals surface area contributed by atoms with Crippen LogP contribution >= 0.6 is 22.7 Å². The first kappa shape index (κ1) is 29.7. The molecule has 11 aromatic rings. The van der Waals surface area contributed by atoms with E-state index >= 15 is 0 Å². The van der Waals surface area contributed by atoms with E-state index in [0.717, 1.165) is 0 Å². The summed E-state index contributed by atoms with van der Waals surface area (Å²) in [5.74, 6) is 0. The smallest absolute Gasteiger partial charge is 0.0437 e. The second-order valence-corrected chi connectivity index (χ2v) is 17.3. The van der Waals surface area contributed by atoms with Crippen LogP contribution in [0.4, 0.5) is 0 Å². The third kappa shape index (κ3) is 4.00. The topological polar surface area (TPSA) is 0 Å². The first-order chi connectivity index (χ1) is 26.0. The van der Waals surface area contributed by atoms with Crippen LogP contribution < -0.4 is 0 Å². The molecular formula is C51H32S2. The average Bonchev–Trinajstić information content (AvgIpc) is 3.84. The summed E-state index contributed by atoms with van der Waals surface area (Å²) in [5.41, 5.74) is 10.7. The molecule has 53 heavy (non-hydrogen) atoms. The van der Waals surface area contributed by atoms with E-state index in [-0.39, 0.29) is 5.41 Å². The van der Waals surface area contributed by atoms with Gasteiger partial charge in [0.25, 0.3) is 0 Å². The maximum absolute atomic E-state index is 2.52. The average molecular weight is 709 g/mol. The van der Waals surface area contributed by atoms with Crippen LogP contribution in [0.3, 0.4) is 0 Å². The van der Waals surface area contributed by atoms with Crippen LogP contribution in [0.5, 0.6) is 0 Å². The van der Waals surface area contributed by atoms with Crippen LogP contribution in [-0.4, -0.2) is 0 Å². The molecule has 1 aliphatic rings. The normalized spacial score (nSPS) is 13.6. The Labute approximate surface area is 315 Å². The van der Waals surface area contributed by atoms with Gasteiger partial charge in [-0.1, -0.05) is 147 Å². The van der Waals surface area contributed by atoms with Crippen molar-refractivity contribution >= 4 is 95.3 Å². The lowest BCUT2D eigenvalue weighted by atomic mass is 9.81. The molecule has 0 spiro atoms. The van der Waals surface area contributed by atoms with E-state index < -0.39 is 0 Å². The maximum Gasteiger partial charge on any atom is 0.0437 e. The quantitative estimate of drug-likeness (QED) is 0.157. The minimum Gasteiger partial charge on any atom is -0.135 e. The molecule has 0 saturated carbocycles. The van der Waals surface area contributed by atoms with Crippen molar-refractivity contribution in [1.82, 2.24) is 0 Å². The van der Waals surface area contributed by atoms with E-state index in [1.807, 2.05) is 22.7 Å². The van der Waals surface area contributed by atoms with Crippen LogP contribution in [0, 0.1) is 0 Å². The SMILES string of the molecule is CC1(C)c2ccc(-c3c4ccccc4c(-c4ccc5c(c4)sc4ccccc45)c4ccccc34)cc2-c2c1ccc1c2sc2ccc3ccccc3c21. The third-order valence-corrected chi connectivity index (χ3v) is 14.4. The van der Waals surface area contributed by atoms with Crippen molar-refractivity contribution < 1.29 is 0 Å². The summed E-state index contributed by atoms with van der Waals surface area (Å²) in [6.07, 6.45) is 0. The van der Waals surface area contributed by atoms with E-state index in [2.05, 4.69) is 172 Å². The summed E-state index contributed by atoms with van der Waals surface area (Å²) in [5, 5.41) is 13.2. The Morgan fingerprint density at radius 1 is 0.377 bits per heavy atom. The maximum atomic E-state index is 2.52. The van der Waals surface area contributed by atoms with Gasteiger partial charge < -0.3 is 0 Å². The van der Waals surface area contributed by atoms with Gasteiger partial charge in [0.2, 0.25) is 0 Å². The molecule has 2 heteroatoms. The van der Waals surface area contributed by atoms with Gasteiger partial charge in [-0.15, -0.1) is 22.7 Å². The molecule has 2 heterocycles. The minimum absolute atomic E-state index is 0.0884.